The maximum Gasteiger partial charge on any atom is 0.123 e. The Balaban J connectivity index is 1.98. The first-order valence-electron chi connectivity index (χ1n) is 10.9. The first-order chi connectivity index (χ1) is 13.2. The molecule has 1 saturated heterocycles. The number of hydrogen-bond acceptors (Lipinski definition) is 2. The molecular formula is C25H40FNO. The van der Waals surface area contributed by atoms with Crippen molar-refractivity contribution >= 4 is 0 Å². The van der Waals surface area contributed by atoms with Gasteiger partial charge in [0.1, 0.15) is 5.82 Å². The van der Waals surface area contributed by atoms with Crippen LogP contribution in [0, 0.1) is 11.7 Å². The SMILES string of the molecule is CC(C)=CC(CC(C)(C)c1ccc(F)cc1)N1CCC(CCOC(C)C)CC1. The minimum absolute atomic E-state index is 0.00622. The molecule has 3 heteroatoms. The van der Waals surface area contributed by atoms with Gasteiger partial charge in [-0.15, -0.1) is 0 Å². The summed E-state index contributed by atoms with van der Waals surface area (Å²) < 4.78 is 19.1. The van der Waals surface area contributed by atoms with Crippen LogP contribution in [0.25, 0.3) is 0 Å². The van der Waals surface area contributed by atoms with Crippen molar-refractivity contribution in [3.05, 3.63) is 47.3 Å². The van der Waals surface area contributed by atoms with E-state index in [0.717, 1.165) is 32.0 Å². The van der Waals surface area contributed by atoms with Crippen LogP contribution in [-0.2, 0) is 10.2 Å². The van der Waals surface area contributed by atoms with Gasteiger partial charge in [0.25, 0.3) is 0 Å². The molecular weight excluding hydrogens is 349 g/mol. The third kappa shape index (κ3) is 7.33. The number of ether oxygens (including phenoxy) is 1. The predicted octanol–water partition coefficient (Wildman–Crippen LogP) is 6.36. The molecule has 1 aromatic rings. The summed E-state index contributed by atoms with van der Waals surface area (Å²) >= 11 is 0. The summed E-state index contributed by atoms with van der Waals surface area (Å²) in [6.45, 7) is 16.3. The molecule has 0 N–H and O–H groups in total. The lowest BCUT2D eigenvalue weighted by Crippen LogP contribution is -2.43. The molecule has 1 aliphatic rings. The van der Waals surface area contributed by atoms with Gasteiger partial charge in [0.15, 0.2) is 0 Å². The van der Waals surface area contributed by atoms with E-state index in [9.17, 15) is 4.39 Å². The molecule has 0 radical (unpaired) electrons. The van der Waals surface area contributed by atoms with E-state index in [-0.39, 0.29) is 11.2 Å². The third-order valence-corrected chi connectivity index (χ3v) is 5.97. The molecule has 1 unspecified atom stereocenters. The molecule has 0 bridgehead atoms. The largest absolute Gasteiger partial charge is 0.379 e. The zero-order chi connectivity index (χ0) is 20.7. The van der Waals surface area contributed by atoms with Gasteiger partial charge in [-0.1, -0.05) is 37.6 Å². The second-order valence-electron chi connectivity index (χ2n) is 9.59. The van der Waals surface area contributed by atoms with Crippen LogP contribution in [0.4, 0.5) is 4.39 Å². The summed E-state index contributed by atoms with van der Waals surface area (Å²) in [6.07, 6.45) is 7.49. The predicted molar refractivity (Wildman–Crippen MR) is 117 cm³/mol. The van der Waals surface area contributed by atoms with E-state index < -0.39 is 0 Å². The Kier molecular flexibility index (Phi) is 8.70. The zero-order valence-electron chi connectivity index (χ0n) is 18.8. The molecule has 28 heavy (non-hydrogen) atoms. The maximum absolute atomic E-state index is 13.3. The Labute approximate surface area is 172 Å². The van der Waals surface area contributed by atoms with E-state index in [0.29, 0.717) is 12.1 Å². The number of halogens is 1. The highest BCUT2D eigenvalue weighted by Crippen LogP contribution is 2.33. The van der Waals surface area contributed by atoms with Gasteiger partial charge < -0.3 is 4.74 Å². The fraction of sp³-hybridized carbons (Fsp3) is 0.680. The van der Waals surface area contributed by atoms with Gasteiger partial charge in [0, 0.05) is 12.6 Å². The van der Waals surface area contributed by atoms with Crippen LogP contribution in [0.3, 0.4) is 0 Å². The Morgan fingerprint density at radius 3 is 2.32 bits per heavy atom. The summed E-state index contributed by atoms with van der Waals surface area (Å²) in [7, 11) is 0. The van der Waals surface area contributed by atoms with Crippen LogP contribution >= 0.6 is 0 Å². The minimum atomic E-state index is -0.163. The highest BCUT2D eigenvalue weighted by molar-refractivity contribution is 5.25. The maximum atomic E-state index is 13.3. The average Bonchev–Trinajstić information content (AvgIpc) is 2.61. The van der Waals surface area contributed by atoms with Gasteiger partial charge in [-0.05, 0) is 95.5 Å². The van der Waals surface area contributed by atoms with Gasteiger partial charge in [0.05, 0.1) is 6.10 Å². The molecule has 0 amide bonds. The summed E-state index contributed by atoms with van der Waals surface area (Å²) in [5, 5.41) is 0. The zero-order valence-corrected chi connectivity index (χ0v) is 18.8. The van der Waals surface area contributed by atoms with E-state index in [1.807, 2.05) is 12.1 Å². The van der Waals surface area contributed by atoms with Crippen LogP contribution in [0.5, 0.6) is 0 Å². The quantitative estimate of drug-likeness (QED) is 0.456. The molecule has 0 spiro atoms. The van der Waals surface area contributed by atoms with Crippen LogP contribution in [0.1, 0.15) is 72.8 Å². The molecule has 0 aromatic heterocycles. The molecule has 2 rings (SSSR count). The molecule has 1 heterocycles. The Morgan fingerprint density at radius 1 is 1.18 bits per heavy atom. The van der Waals surface area contributed by atoms with Gasteiger partial charge in [-0.25, -0.2) is 4.39 Å². The molecule has 2 nitrogen and oxygen atoms in total. The fourth-order valence-corrected chi connectivity index (χ4v) is 4.26. The van der Waals surface area contributed by atoms with Gasteiger partial charge in [-0.2, -0.15) is 0 Å². The van der Waals surface area contributed by atoms with Crippen molar-refractivity contribution in [2.24, 2.45) is 5.92 Å². The van der Waals surface area contributed by atoms with Crippen molar-refractivity contribution in [3.8, 4) is 0 Å². The number of hydrogen-bond donors (Lipinski definition) is 0. The number of benzene rings is 1. The second-order valence-corrected chi connectivity index (χ2v) is 9.59. The van der Waals surface area contributed by atoms with E-state index in [4.69, 9.17) is 4.74 Å². The van der Waals surface area contributed by atoms with Crippen molar-refractivity contribution < 1.29 is 9.13 Å². The average molecular weight is 390 g/mol. The van der Waals surface area contributed by atoms with E-state index in [1.54, 1.807) is 12.1 Å². The minimum Gasteiger partial charge on any atom is -0.379 e. The lowest BCUT2D eigenvalue weighted by molar-refractivity contribution is 0.0559. The lowest BCUT2D eigenvalue weighted by Gasteiger charge is -2.40. The van der Waals surface area contributed by atoms with Gasteiger partial charge in [-0.3, -0.25) is 4.90 Å². The summed E-state index contributed by atoms with van der Waals surface area (Å²) in [6, 6.07) is 7.47. The number of allylic oxidation sites excluding steroid dienone is 1. The lowest BCUT2D eigenvalue weighted by atomic mass is 9.78. The van der Waals surface area contributed by atoms with Crippen molar-refractivity contribution in [1.29, 1.82) is 0 Å². The van der Waals surface area contributed by atoms with Gasteiger partial charge in [0.2, 0.25) is 0 Å². The van der Waals surface area contributed by atoms with Crippen LogP contribution in [-0.4, -0.2) is 36.7 Å². The van der Waals surface area contributed by atoms with Crippen LogP contribution in [0.2, 0.25) is 0 Å². The standard InChI is InChI=1S/C25H40FNO/c1-19(2)17-24(18-25(5,6)22-7-9-23(26)10-8-22)27-14-11-21(12-15-27)13-16-28-20(3)4/h7-10,17,20-21,24H,11-16,18H2,1-6H3. The third-order valence-electron chi connectivity index (χ3n) is 5.97. The number of nitrogens with zero attached hydrogens (tertiary/aromatic N) is 1. The first-order valence-corrected chi connectivity index (χ1v) is 10.9. The van der Waals surface area contributed by atoms with Crippen LogP contribution < -0.4 is 0 Å². The fourth-order valence-electron chi connectivity index (χ4n) is 4.26. The monoisotopic (exact) mass is 389 g/mol. The molecule has 1 atom stereocenters. The molecule has 1 aliphatic heterocycles. The Bertz CT molecular complexity index is 608. The molecule has 158 valence electrons. The molecule has 1 fully saturated rings. The van der Waals surface area contributed by atoms with Crippen molar-refractivity contribution in [3.63, 3.8) is 0 Å². The highest BCUT2D eigenvalue weighted by Gasteiger charge is 2.30. The number of piperidine rings is 1. The summed E-state index contributed by atoms with van der Waals surface area (Å²) in [5.74, 6) is 0.622. The Hall–Kier alpha value is -1.19. The first kappa shape index (κ1) is 23.1. The smallest absolute Gasteiger partial charge is 0.123 e. The van der Waals surface area contributed by atoms with E-state index in [1.165, 1.54) is 30.4 Å². The topological polar surface area (TPSA) is 12.5 Å². The van der Waals surface area contributed by atoms with Crippen LogP contribution in [0.15, 0.2) is 35.9 Å². The van der Waals surface area contributed by atoms with Gasteiger partial charge >= 0.3 is 0 Å². The van der Waals surface area contributed by atoms with Crippen molar-refractivity contribution in [2.75, 3.05) is 19.7 Å². The number of likely N-dealkylation sites (tertiary alicyclic amines) is 1. The normalized spacial score (nSPS) is 17.7. The Morgan fingerprint density at radius 2 is 1.79 bits per heavy atom. The molecule has 1 aromatic carbocycles. The van der Waals surface area contributed by atoms with E-state index in [2.05, 4.69) is 52.5 Å². The highest BCUT2D eigenvalue weighted by atomic mass is 19.1. The molecule has 0 aliphatic carbocycles. The second kappa shape index (κ2) is 10.5. The summed E-state index contributed by atoms with van der Waals surface area (Å²) in [4.78, 5) is 2.65. The summed E-state index contributed by atoms with van der Waals surface area (Å²) in [5.41, 5.74) is 2.58. The number of rotatable bonds is 9. The van der Waals surface area contributed by atoms with Crippen molar-refractivity contribution in [1.82, 2.24) is 4.90 Å². The van der Waals surface area contributed by atoms with Crippen molar-refractivity contribution in [2.45, 2.75) is 84.8 Å². The molecule has 0 saturated carbocycles. The van der Waals surface area contributed by atoms with E-state index >= 15 is 0 Å².